The number of hydrogen-bond donors (Lipinski definition) is 0. The molecule has 0 unspecified atom stereocenters. The Morgan fingerprint density at radius 3 is 1.59 bits per heavy atom. The minimum atomic E-state index is -0.348. The van der Waals surface area contributed by atoms with Crippen LogP contribution in [0.25, 0.3) is 0 Å². The van der Waals surface area contributed by atoms with E-state index in [4.69, 9.17) is 9.47 Å². The fourth-order valence-corrected chi connectivity index (χ4v) is 1.75. The van der Waals surface area contributed by atoms with E-state index >= 15 is 0 Å². The molecule has 2 nitrogen and oxygen atoms in total. The van der Waals surface area contributed by atoms with Crippen LogP contribution >= 0.6 is 0 Å². The highest BCUT2D eigenvalue weighted by molar-refractivity contribution is 4.64. The summed E-state index contributed by atoms with van der Waals surface area (Å²) in [6, 6.07) is 0. The molecular formula is C15H32O2. The van der Waals surface area contributed by atoms with Crippen LogP contribution in [0.2, 0.25) is 0 Å². The molecule has 0 aliphatic heterocycles. The van der Waals surface area contributed by atoms with E-state index in [1.54, 1.807) is 0 Å². The van der Waals surface area contributed by atoms with Gasteiger partial charge in [0.1, 0.15) is 0 Å². The standard InChI is InChI=1S/C15H32O2/c1-5-8-11-12-15(4,16-13-9-6-2)17-14-10-7-3/h5-14H2,1-4H3. The second kappa shape index (κ2) is 11.0. The summed E-state index contributed by atoms with van der Waals surface area (Å²) in [4.78, 5) is 0. The molecule has 0 rings (SSSR count). The zero-order chi connectivity index (χ0) is 13.0. The maximum absolute atomic E-state index is 5.94. The smallest absolute Gasteiger partial charge is 0.165 e. The summed E-state index contributed by atoms with van der Waals surface area (Å²) in [6.45, 7) is 10.4. The van der Waals surface area contributed by atoms with Crippen LogP contribution in [0.3, 0.4) is 0 Å². The average molecular weight is 244 g/mol. The monoisotopic (exact) mass is 244 g/mol. The van der Waals surface area contributed by atoms with Crippen molar-refractivity contribution >= 4 is 0 Å². The quantitative estimate of drug-likeness (QED) is 0.358. The van der Waals surface area contributed by atoms with Gasteiger partial charge in [0, 0.05) is 19.6 Å². The number of ether oxygens (including phenoxy) is 2. The van der Waals surface area contributed by atoms with Crippen LogP contribution in [-0.2, 0) is 9.47 Å². The third kappa shape index (κ3) is 9.61. The first kappa shape index (κ1) is 16.9. The van der Waals surface area contributed by atoms with Crippen molar-refractivity contribution in [1.82, 2.24) is 0 Å². The van der Waals surface area contributed by atoms with E-state index in [0.29, 0.717) is 0 Å². The molecule has 2 heteroatoms. The molecule has 0 fully saturated rings. The number of hydrogen-bond acceptors (Lipinski definition) is 2. The molecule has 0 saturated carbocycles. The van der Waals surface area contributed by atoms with Crippen LogP contribution in [-0.4, -0.2) is 19.0 Å². The first-order valence-electron chi connectivity index (χ1n) is 7.46. The Labute approximate surface area is 108 Å². The Kier molecular flexibility index (Phi) is 11.0. The van der Waals surface area contributed by atoms with Crippen molar-refractivity contribution in [3.63, 3.8) is 0 Å². The first-order valence-corrected chi connectivity index (χ1v) is 7.46. The van der Waals surface area contributed by atoms with Crippen LogP contribution in [0.1, 0.15) is 79.1 Å². The topological polar surface area (TPSA) is 18.5 Å². The van der Waals surface area contributed by atoms with Crippen LogP contribution in [0.4, 0.5) is 0 Å². The van der Waals surface area contributed by atoms with Gasteiger partial charge in [0.25, 0.3) is 0 Å². The Morgan fingerprint density at radius 2 is 1.18 bits per heavy atom. The van der Waals surface area contributed by atoms with Gasteiger partial charge in [0.05, 0.1) is 0 Å². The van der Waals surface area contributed by atoms with Crippen molar-refractivity contribution in [3.05, 3.63) is 0 Å². The lowest BCUT2D eigenvalue weighted by Gasteiger charge is -2.30. The molecule has 104 valence electrons. The number of unbranched alkanes of at least 4 members (excludes halogenated alkanes) is 4. The molecule has 0 aromatic carbocycles. The predicted molar refractivity (Wildman–Crippen MR) is 74.3 cm³/mol. The third-order valence-corrected chi connectivity index (χ3v) is 3.05. The molecule has 0 bridgehead atoms. The Morgan fingerprint density at radius 1 is 0.706 bits per heavy atom. The van der Waals surface area contributed by atoms with Crippen molar-refractivity contribution in [2.75, 3.05) is 13.2 Å². The third-order valence-electron chi connectivity index (χ3n) is 3.05. The predicted octanol–water partition coefficient (Wildman–Crippen LogP) is 4.92. The van der Waals surface area contributed by atoms with E-state index in [0.717, 1.165) is 32.5 Å². The van der Waals surface area contributed by atoms with Crippen molar-refractivity contribution in [2.45, 2.75) is 84.8 Å². The summed E-state index contributed by atoms with van der Waals surface area (Å²) in [5.41, 5.74) is 0. The summed E-state index contributed by atoms with van der Waals surface area (Å²) < 4.78 is 11.9. The van der Waals surface area contributed by atoms with Gasteiger partial charge in [-0.3, -0.25) is 0 Å². The Bertz CT molecular complexity index is 130. The molecule has 0 atom stereocenters. The zero-order valence-electron chi connectivity index (χ0n) is 12.4. The minimum Gasteiger partial charge on any atom is -0.350 e. The van der Waals surface area contributed by atoms with E-state index < -0.39 is 0 Å². The summed E-state index contributed by atoms with van der Waals surface area (Å²) in [6.07, 6.45) is 9.35. The van der Waals surface area contributed by atoms with Gasteiger partial charge in [-0.15, -0.1) is 0 Å². The molecule has 0 spiro atoms. The normalized spacial score (nSPS) is 12.0. The molecule has 0 radical (unpaired) electrons. The van der Waals surface area contributed by atoms with E-state index in [2.05, 4.69) is 27.7 Å². The van der Waals surface area contributed by atoms with Gasteiger partial charge < -0.3 is 9.47 Å². The summed E-state index contributed by atoms with van der Waals surface area (Å²) in [7, 11) is 0. The maximum atomic E-state index is 5.94. The molecule has 0 aliphatic carbocycles. The van der Waals surface area contributed by atoms with Crippen molar-refractivity contribution in [3.8, 4) is 0 Å². The second-order valence-corrected chi connectivity index (χ2v) is 4.99. The van der Waals surface area contributed by atoms with Crippen LogP contribution < -0.4 is 0 Å². The molecule has 0 aromatic rings. The molecule has 0 aliphatic rings. The van der Waals surface area contributed by atoms with Crippen LogP contribution in [0, 0.1) is 0 Å². The van der Waals surface area contributed by atoms with E-state index in [9.17, 15) is 0 Å². The second-order valence-electron chi connectivity index (χ2n) is 4.99. The fourth-order valence-electron chi connectivity index (χ4n) is 1.75. The zero-order valence-corrected chi connectivity index (χ0v) is 12.4. The average Bonchev–Trinajstić information content (AvgIpc) is 2.30. The minimum absolute atomic E-state index is 0.348. The van der Waals surface area contributed by atoms with Crippen molar-refractivity contribution < 1.29 is 9.47 Å². The van der Waals surface area contributed by atoms with Gasteiger partial charge in [-0.05, 0) is 26.2 Å². The first-order chi connectivity index (χ1) is 8.18. The van der Waals surface area contributed by atoms with Crippen LogP contribution in [0.15, 0.2) is 0 Å². The van der Waals surface area contributed by atoms with E-state index in [1.807, 2.05) is 0 Å². The van der Waals surface area contributed by atoms with Gasteiger partial charge in [-0.2, -0.15) is 0 Å². The molecule has 0 N–H and O–H groups in total. The van der Waals surface area contributed by atoms with E-state index in [-0.39, 0.29) is 5.79 Å². The van der Waals surface area contributed by atoms with Gasteiger partial charge >= 0.3 is 0 Å². The summed E-state index contributed by atoms with van der Waals surface area (Å²) >= 11 is 0. The molecule has 0 amide bonds. The highest BCUT2D eigenvalue weighted by Crippen LogP contribution is 2.22. The highest BCUT2D eigenvalue weighted by atomic mass is 16.7. The summed E-state index contributed by atoms with van der Waals surface area (Å²) in [5.74, 6) is -0.348. The Balaban J connectivity index is 3.95. The number of rotatable bonds is 12. The van der Waals surface area contributed by atoms with Gasteiger partial charge in [-0.25, -0.2) is 0 Å². The van der Waals surface area contributed by atoms with E-state index in [1.165, 1.54) is 32.1 Å². The fraction of sp³-hybridized carbons (Fsp3) is 1.00. The molecule has 0 heterocycles. The van der Waals surface area contributed by atoms with Gasteiger partial charge in [0.15, 0.2) is 5.79 Å². The van der Waals surface area contributed by atoms with Crippen LogP contribution in [0.5, 0.6) is 0 Å². The lowest BCUT2D eigenvalue weighted by atomic mass is 10.1. The molecule has 0 saturated heterocycles. The van der Waals surface area contributed by atoms with Gasteiger partial charge in [0.2, 0.25) is 0 Å². The van der Waals surface area contributed by atoms with Crippen molar-refractivity contribution in [2.24, 2.45) is 0 Å². The molecule has 17 heavy (non-hydrogen) atoms. The Hall–Kier alpha value is -0.0800. The highest BCUT2D eigenvalue weighted by Gasteiger charge is 2.24. The summed E-state index contributed by atoms with van der Waals surface area (Å²) in [5, 5.41) is 0. The van der Waals surface area contributed by atoms with Crippen molar-refractivity contribution in [1.29, 1.82) is 0 Å². The maximum Gasteiger partial charge on any atom is 0.165 e. The molecular weight excluding hydrogens is 212 g/mol. The largest absolute Gasteiger partial charge is 0.350 e. The SMILES string of the molecule is CCCCCC(C)(OCCCC)OCCCC. The molecule has 0 aromatic heterocycles. The lowest BCUT2D eigenvalue weighted by Crippen LogP contribution is -2.33. The lowest BCUT2D eigenvalue weighted by molar-refractivity contribution is -0.230. The van der Waals surface area contributed by atoms with Gasteiger partial charge in [-0.1, -0.05) is 46.5 Å².